The van der Waals surface area contributed by atoms with Crippen LogP contribution in [0.1, 0.15) is 55.3 Å². The molecule has 1 aliphatic rings. The number of rotatable bonds is 4. The Morgan fingerprint density at radius 3 is 2.85 bits per heavy atom. The maximum atomic E-state index is 11.1. The molecular formula is C17H25NO2. The maximum absolute atomic E-state index is 11.1. The second kappa shape index (κ2) is 6.40. The Bertz CT molecular complexity index is 484. The molecule has 1 aromatic rings. The first-order chi connectivity index (χ1) is 9.49. The Morgan fingerprint density at radius 2 is 2.15 bits per heavy atom. The van der Waals surface area contributed by atoms with Crippen LogP contribution in [-0.4, -0.2) is 28.6 Å². The molecule has 1 heterocycles. The van der Waals surface area contributed by atoms with Crippen molar-refractivity contribution in [1.29, 1.82) is 0 Å². The molecule has 1 saturated heterocycles. The van der Waals surface area contributed by atoms with E-state index in [4.69, 9.17) is 5.11 Å². The Labute approximate surface area is 121 Å². The highest BCUT2D eigenvalue weighted by Gasteiger charge is 2.29. The molecule has 1 aliphatic heterocycles. The van der Waals surface area contributed by atoms with E-state index >= 15 is 0 Å². The Hall–Kier alpha value is -1.35. The van der Waals surface area contributed by atoms with Crippen LogP contribution in [0.4, 0.5) is 0 Å². The maximum Gasteiger partial charge on any atom is 0.304 e. The summed E-state index contributed by atoms with van der Waals surface area (Å²) in [5.41, 5.74) is 3.90. The van der Waals surface area contributed by atoms with E-state index < -0.39 is 5.97 Å². The van der Waals surface area contributed by atoms with Gasteiger partial charge >= 0.3 is 5.97 Å². The molecule has 2 rings (SSSR count). The van der Waals surface area contributed by atoms with Gasteiger partial charge in [0.15, 0.2) is 0 Å². The molecule has 1 N–H and O–H groups in total. The molecule has 0 amide bonds. The van der Waals surface area contributed by atoms with E-state index in [9.17, 15) is 4.79 Å². The van der Waals surface area contributed by atoms with Crippen LogP contribution >= 0.6 is 0 Å². The number of piperidine rings is 1. The van der Waals surface area contributed by atoms with Gasteiger partial charge in [-0.15, -0.1) is 0 Å². The van der Waals surface area contributed by atoms with Crippen LogP contribution < -0.4 is 0 Å². The van der Waals surface area contributed by atoms with Gasteiger partial charge in [0.25, 0.3) is 0 Å². The summed E-state index contributed by atoms with van der Waals surface area (Å²) >= 11 is 0. The average Bonchev–Trinajstić information content (AvgIpc) is 2.41. The normalized spacial score (nSPS) is 21.6. The molecule has 3 heteroatoms. The van der Waals surface area contributed by atoms with Crippen molar-refractivity contribution in [1.82, 2.24) is 4.90 Å². The average molecular weight is 275 g/mol. The van der Waals surface area contributed by atoms with Crippen LogP contribution in [0.15, 0.2) is 18.2 Å². The molecule has 1 fully saturated rings. The van der Waals surface area contributed by atoms with E-state index in [-0.39, 0.29) is 12.5 Å². The van der Waals surface area contributed by atoms with Crippen molar-refractivity contribution >= 4 is 5.97 Å². The molecule has 20 heavy (non-hydrogen) atoms. The van der Waals surface area contributed by atoms with Crippen LogP contribution in [0.2, 0.25) is 0 Å². The van der Waals surface area contributed by atoms with Crippen molar-refractivity contribution in [3.8, 4) is 0 Å². The molecule has 0 saturated carbocycles. The zero-order valence-electron chi connectivity index (χ0n) is 12.7. The van der Waals surface area contributed by atoms with Gasteiger partial charge in [-0.25, -0.2) is 0 Å². The summed E-state index contributed by atoms with van der Waals surface area (Å²) in [6.07, 6.45) is 3.58. The minimum absolute atomic E-state index is 0.177. The molecule has 3 nitrogen and oxygen atoms in total. The van der Waals surface area contributed by atoms with Crippen molar-refractivity contribution < 1.29 is 9.90 Å². The number of benzene rings is 1. The van der Waals surface area contributed by atoms with E-state index in [0.717, 1.165) is 19.4 Å². The van der Waals surface area contributed by atoms with Gasteiger partial charge in [0, 0.05) is 12.1 Å². The number of nitrogens with zero attached hydrogens (tertiary/aromatic N) is 1. The van der Waals surface area contributed by atoms with Gasteiger partial charge in [-0.2, -0.15) is 0 Å². The molecule has 0 radical (unpaired) electrons. The van der Waals surface area contributed by atoms with Crippen molar-refractivity contribution in [2.75, 3.05) is 6.54 Å². The quantitative estimate of drug-likeness (QED) is 0.911. The minimum Gasteiger partial charge on any atom is -0.481 e. The molecule has 2 unspecified atom stereocenters. The number of hydrogen-bond acceptors (Lipinski definition) is 2. The summed E-state index contributed by atoms with van der Waals surface area (Å²) < 4.78 is 0. The third-order valence-corrected chi connectivity index (χ3v) is 4.47. The first-order valence-corrected chi connectivity index (χ1v) is 7.53. The third-order valence-electron chi connectivity index (χ3n) is 4.47. The van der Waals surface area contributed by atoms with E-state index in [1.54, 1.807) is 0 Å². The highest BCUT2D eigenvalue weighted by molar-refractivity contribution is 5.67. The van der Waals surface area contributed by atoms with Gasteiger partial charge in [-0.05, 0) is 51.3 Å². The van der Waals surface area contributed by atoms with Crippen molar-refractivity contribution in [3.63, 3.8) is 0 Å². The molecule has 110 valence electrons. The lowest BCUT2D eigenvalue weighted by molar-refractivity contribution is -0.139. The van der Waals surface area contributed by atoms with Gasteiger partial charge in [-0.3, -0.25) is 9.69 Å². The highest BCUT2D eigenvalue weighted by Crippen LogP contribution is 2.31. The monoisotopic (exact) mass is 275 g/mol. The number of aliphatic carboxylic acids is 1. The van der Waals surface area contributed by atoms with Crippen LogP contribution in [0.3, 0.4) is 0 Å². The summed E-state index contributed by atoms with van der Waals surface area (Å²) in [7, 11) is 0. The lowest BCUT2D eigenvalue weighted by atomic mass is 9.93. The van der Waals surface area contributed by atoms with E-state index in [2.05, 4.69) is 43.9 Å². The minimum atomic E-state index is -0.685. The first-order valence-electron chi connectivity index (χ1n) is 7.53. The predicted molar refractivity (Wildman–Crippen MR) is 80.9 cm³/mol. The second-order valence-electron chi connectivity index (χ2n) is 6.02. The molecule has 0 aliphatic carbocycles. The van der Waals surface area contributed by atoms with Crippen LogP contribution in [-0.2, 0) is 4.79 Å². The van der Waals surface area contributed by atoms with Gasteiger partial charge in [0.1, 0.15) is 0 Å². The first kappa shape index (κ1) is 15.0. The molecule has 0 bridgehead atoms. The third kappa shape index (κ3) is 3.40. The van der Waals surface area contributed by atoms with Crippen LogP contribution in [0, 0.1) is 13.8 Å². The number of carbonyl (C=O) groups is 1. The highest BCUT2D eigenvalue weighted by atomic mass is 16.4. The van der Waals surface area contributed by atoms with E-state index in [0.29, 0.717) is 6.04 Å². The van der Waals surface area contributed by atoms with Gasteiger partial charge in [0.2, 0.25) is 0 Å². The Balaban J connectivity index is 2.22. The largest absolute Gasteiger partial charge is 0.481 e. The topological polar surface area (TPSA) is 40.5 Å². The van der Waals surface area contributed by atoms with E-state index in [1.165, 1.54) is 23.1 Å². The molecule has 1 aromatic carbocycles. The number of aryl methyl sites for hydroxylation is 2. The summed E-state index contributed by atoms with van der Waals surface area (Å²) in [5, 5.41) is 9.11. The molecule has 0 spiro atoms. The standard InChI is InChI=1S/C17H25NO2/c1-12-7-8-13(2)16(10-12)14(3)18-9-5-4-6-15(18)11-17(19)20/h7-8,10,14-15H,4-6,9,11H2,1-3H3,(H,19,20). The predicted octanol–water partition coefficient (Wildman–Crippen LogP) is 3.69. The summed E-state index contributed by atoms with van der Waals surface area (Å²) in [6, 6.07) is 7.01. The molecule has 2 atom stereocenters. The summed E-state index contributed by atoms with van der Waals surface area (Å²) in [4.78, 5) is 13.5. The van der Waals surface area contributed by atoms with Crippen molar-refractivity contribution in [3.05, 3.63) is 34.9 Å². The smallest absolute Gasteiger partial charge is 0.304 e. The number of carboxylic acid groups (broad SMARTS) is 1. The van der Waals surface area contributed by atoms with Crippen LogP contribution in [0.5, 0.6) is 0 Å². The lowest BCUT2D eigenvalue weighted by Gasteiger charge is -2.40. The fraction of sp³-hybridized carbons (Fsp3) is 0.588. The summed E-state index contributed by atoms with van der Waals surface area (Å²) in [6.45, 7) is 7.47. The Kier molecular flexibility index (Phi) is 4.81. The lowest BCUT2D eigenvalue weighted by Crippen LogP contribution is -2.42. The summed E-state index contributed by atoms with van der Waals surface area (Å²) in [5.74, 6) is -0.685. The molecular weight excluding hydrogens is 250 g/mol. The second-order valence-corrected chi connectivity index (χ2v) is 6.02. The van der Waals surface area contributed by atoms with Crippen LogP contribution in [0.25, 0.3) is 0 Å². The fourth-order valence-electron chi connectivity index (χ4n) is 3.34. The van der Waals surface area contributed by atoms with E-state index in [1.807, 2.05) is 0 Å². The number of hydrogen-bond donors (Lipinski definition) is 1. The Morgan fingerprint density at radius 1 is 1.40 bits per heavy atom. The zero-order chi connectivity index (χ0) is 14.7. The van der Waals surface area contributed by atoms with Gasteiger partial charge in [0.05, 0.1) is 6.42 Å². The number of likely N-dealkylation sites (tertiary alicyclic amines) is 1. The van der Waals surface area contributed by atoms with Crippen molar-refractivity contribution in [2.45, 2.75) is 58.5 Å². The molecule has 0 aromatic heterocycles. The fourth-order valence-corrected chi connectivity index (χ4v) is 3.34. The van der Waals surface area contributed by atoms with Crippen molar-refractivity contribution in [2.24, 2.45) is 0 Å². The SMILES string of the molecule is Cc1ccc(C)c(C(C)N2CCCCC2CC(=O)O)c1. The number of carboxylic acids is 1. The van der Waals surface area contributed by atoms with Gasteiger partial charge in [-0.1, -0.05) is 30.2 Å². The van der Waals surface area contributed by atoms with Gasteiger partial charge < -0.3 is 5.11 Å². The zero-order valence-corrected chi connectivity index (χ0v) is 12.7.